The van der Waals surface area contributed by atoms with Crippen molar-refractivity contribution < 1.29 is 9.53 Å². The lowest BCUT2D eigenvalue weighted by atomic mass is 10.0. The molecule has 1 aromatic carbocycles. The molecule has 2 amide bonds. The minimum Gasteiger partial charge on any atom is -0.497 e. The Morgan fingerprint density at radius 2 is 2.07 bits per heavy atom. The van der Waals surface area contributed by atoms with E-state index in [0.717, 1.165) is 38.4 Å². The molecule has 29 heavy (non-hydrogen) atoms. The first-order chi connectivity index (χ1) is 14.2. The Balaban J connectivity index is 1.88. The maximum Gasteiger partial charge on any atom is 0.321 e. The van der Waals surface area contributed by atoms with Gasteiger partial charge >= 0.3 is 6.03 Å². The monoisotopic (exact) mass is 405 g/mol. The van der Waals surface area contributed by atoms with Crippen LogP contribution in [0.5, 0.6) is 5.75 Å². The van der Waals surface area contributed by atoms with E-state index in [1.54, 1.807) is 25.6 Å². The highest BCUT2D eigenvalue weighted by Crippen LogP contribution is 2.38. The molecule has 0 aliphatic carbocycles. The van der Waals surface area contributed by atoms with Gasteiger partial charge in [-0.2, -0.15) is 0 Å². The fraction of sp³-hybridized carbons (Fsp3) is 0.143. The van der Waals surface area contributed by atoms with E-state index in [-0.39, 0.29) is 6.03 Å². The van der Waals surface area contributed by atoms with Crippen molar-refractivity contribution in [2.45, 2.75) is 6.92 Å². The van der Waals surface area contributed by atoms with Crippen LogP contribution < -0.4 is 15.4 Å². The molecule has 0 spiro atoms. The zero-order chi connectivity index (χ0) is 20.2. The van der Waals surface area contributed by atoms with Gasteiger partial charge in [-0.1, -0.05) is 17.4 Å². The lowest BCUT2D eigenvalue weighted by molar-refractivity contribution is 0.252. The second-order valence-electron chi connectivity index (χ2n) is 6.20. The van der Waals surface area contributed by atoms with Crippen LogP contribution >= 0.6 is 11.3 Å². The number of anilines is 1. The van der Waals surface area contributed by atoms with E-state index in [9.17, 15) is 4.79 Å². The Hall–Kier alpha value is -3.52. The molecule has 0 aliphatic rings. The van der Waals surface area contributed by atoms with Crippen LogP contribution in [0, 0.1) is 0 Å². The number of hydrogen-bond donors (Lipinski definition) is 2. The zero-order valence-corrected chi connectivity index (χ0v) is 16.8. The van der Waals surface area contributed by atoms with Crippen LogP contribution in [0.25, 0.3) is 32.6 Å². The van der Waals surface area contributed by atoms with Crippen LogP contribution in [0.4, 0.5) is 9.93 Å². The summed E-state index contributed by atoms with van der Waals surface area (Å²) < 4.78 is 6.30. The van der Waals surface area contributed by atoms with Crippen LogP contribution in [0.2, 0.25) is 0 Å². The second-order valence-corrected chi connectivity index (χ2v) is 7.20. The Labute approximate surface area is 171 Å². The number of thiazole rings is 1. The van der Waals surface area contributed by atoms with Crippen molar-refractivity contribution in [3.05, 3.63) is 55.0 Å². The fourth-order valence-electron chi connectivity index (χ4n) is 2.96. The minimum absolute atomic E-state index is 0.278. The predicted molar refractivity (Wildman–Crippen MR) is 115 cm³/mol. The Bertz CT molecular complexity index is 1160. The molecule has 0 bridgehead atoms. The quantitative estimate of drug-likeness (QED) is 0.508. The number of benzene rings is 1. The molecule has 0 unspecified atom stereocenters. The summed E-state index contributed by atoms with van der Waals surface area (Å²) in [5.74, 6) is 0.722. The van der Waals surface area contributed by atoms with Gasteiger partial charge in [0.15, 0.2) is 5.13 Å². The molecule has 4 aromatic rings. The summed E-state index contributed by atoms with van der Waals surface area (Å²) in [5, 5.41) is 6.04. The number of rotatable bonds is 5. The average molecular weight is 405 g/mol. The van der Waals surface area contributed by atoms with Gasteiger partial charge in [0.1, 0.15) is 5.75 Å². The standard InChI is InChI=1S/C21H19N5O2S/c1-3-23-20(27)26-21-25-18-10-14(13-5-4-7-22-12-13)9-16(19(18)29-21)17-11-15(28-2)6-8-24-17/h4-12H,3H2,1-2H3,(H2,23,25,26,27). The molecule has 7 nitrogen and oxygen atoms in total. The van der Waals surface area contributed by atoms with Gasteiger partial charge in [-0.05, 0) is 36.8 Å². The van der Waals surface area contributed by atoms with Gasteiger partial charge in [-0.15, -0.1) is 0 Å². The molecule has 4 rings (SSSR count). The summed E-state index contributed by atoms with van der Waals surface area (Å²) in [5.41, 5.74) is 4.42. The maximum atomic E-state index is 11.9. The molecule has 0 aliphatic heterocycles. The largest absolute Gasteiger partial charge is 0.497 e. The zero-order valence-electron chi connectivity index (χ0n) is 16.0. The Morgan fingerprint density at radius 3 is 2.83 bits per heavy atom. The van der Waals surface area contributed by atoms with Crippen molar-refractivity contribution >= 4 is 32.7 Å². The van der Waals surface area contributed by atoms with E-state index in [1.165, 1.54) is 11.3 Å². The number of carbonyl (C=O) groups is 1. The van der Waals surface area contributed by atoms with E-state index >= 15 is 0 Å². The summed E-state index contributed by atoms with van der Waals surface area (Å²) >= 11 is 1.41. The van der Waals surface area contributed by atoms with E-state index in [4.69, 9.17) is 4.74 Å². The van der Waals surface area contributed by atoms with Gasteiger partial charge in [0.05, 0.1) is 23.0 Å². The third-order valence-electron chi connectivity index (χ3n) is 4.29. The third kappa shape index (κ3) is 4.02. The Kier molecular flexibility index (Phi) is 5.35. The highest BCUT2D eigenvalue weighted by molar-refractivity contribution is 7.22. The van der Waals surface area contributed by atoms with E-state index in [0.29, 0.717) is 11.7 Å². The number of ether oxygens (including phenoxy) is 1. The van der Waals surface area contributed by atoms with Gasteiger partial charge in [-0.25, -0.2) is 9.78 Å². The predicted octanol–water partition coefficient (Wildman–Crippen LogP) is 4.57. The molecule has 0 fully saturated rings. The number of amides is 2. The number of hydrogen-bond acceptors (Lipinski definition) is 6. The molecule has 0 radical (unpaired) electrons. The Morgan fingerprint density at radius 1 is 1.17 bits per heavy atom. The van der Waals surface area contributed by atoms with Gasteiger partial charge < -0.3 is 10.1 Å². The number of nitrogens with one attached hydrogen (secondary N) is 2. The first kappa shape index (κ1) is 18.8. The van der Waals surface area contributed by atoms with Crippen LogP contribution in [0.3, 0.4) is 0 Å². The first-order valence-electron chi connectivity index (χ1n) is 9.08. The molecular weight excluding hydrogens is 386 g/mol. The lowest BCUT2D eigenvalue weighted by Crippen LogP contribution is -2.28. The van der Waals surface area contributed by atoms with E-state index < -0.39 is 0 Å². The molecule has 0 atom stereocenters. The maximum absolute atomic E-state index is 11.9. The fourth-order valence-corrected chi connectivity index (χ4v) is 3.93. The van der Waals surface area contributed by atoms with Crippen LogP contribution in [0.1, 0.15) is 6.92 Å². The van der Waals surface area contributed by atoms with Gasteiger partial charge in [-0.3, -0.25) is 15.3 Å². The SMILES string of the molecule is CCNC(=O)Nc1nc2cc(-c3cccnc3)cc(-c3cc(OC)ccn3)c2s1. The second kappa shape index (κ2) is 8.24. The summed E-state index contributed by atoms with van der Waals surface area (Å²) in [7, 11) is 1.63. The molecule has 2 N–H and O–H groups in total. The molecule has 8 heteroatoms. The van der Waals surface area contributed by atoms with Crippen molar-refractivity contribution in [1.29, 1.82) is 0 Å². The third-order valence-corrected chi connectivity index (χ3v) is 5.31. The van der Waals surface area contributed by atoms with Crippen molar-refractivity contribution in [2.75, 3.05) is 19.0 Å². The van der Waals surface area contributed by atoms with Crippen LogP contribution in [-0.4, -0.2) is 34.6 Å². The summed E-state index contributed by atoms with van der Waals surface area (Å²) in [6.45, 7) is 2.41. The van der Waals surface area contributed by atoms with Crippen molar-refractivity contribution in [1.82, 2.24) is 20.3 Å². The first-order valence-corrected chi connectivity index (χ1v) is 9.90. The van der Waals surface area contributed by atoms with Crippen molar-refractivity contribution in [2.24, 2.45) is 0 Å². The number of carbonyl (C=O) groups excluding carboxylic acids is 1. The molecule has 146 valence electrons. The van der Waals surface area contributed by atoms with E-state index in [1.807, 2.05) is 37.4 Å². The summed E-state index contributed by atoms with van der Waals surface area (Å²) in [6.07, 6.45) is 5.26. The molecule has 0 saturated heterocycles. The van der Waals surface area contributed by atoms with Crippen LogP contribution in [0.15, 0.2) is 55.0 Å². The lowest BCUT2D eigenvalue weighted by Gasteiger charge is -2.08. The topological polar surface area (TPSA) is 89.0 Å². The molecule has 3 heterocycles. The number of pyridine rings is 2. The molecule has 3 aromatic heterocycles. The van der Waals surface area contributed by atoms with Crippen molar-refractivity contribution in [3.63, 3.8) is 0 Å². The van der Waals surface area contributed by atoms with Gasteiger partial charge in [0, 0.05) is 42.3 Å². The highest BCUT2D eigenvalue weighted by Gasteiger charge is 2.15. The molecule has 0 saturated carbocycles. The highest BCUT2D eigenvalue weighted by atomic mass is 32.1. The van der Waals surface area contributed by atoms with E-state index in [2.05, 4.69) is 31.7 Å². The smallest absolute Gasteiger partial charge is 0.321 e. The number of methoxy groups -OCH3 is 1. The normalized spacial score (nSPS) is 10.7. The number of nitrogens with zero attached hydrogens (tertiary/aromatic N) is 3. The van der Waals surface area contributed by atoms with Crippen molar-refractivity contribution in [3.8, 4) is 28.1 Å². The number of fused-ring (bicyclic) bond motifs is 1. The summed E-state index contributed by atoms with van der Waals surface area (Å²) in [6, 6.07) is 11.4. The van der Waals surface area contributed by atoms with Crippen LogP contribution in [-0.2, 0) is 0 Å². The number of aromatic nitrogens is 3. The number of urea groups is 1. The average Bonchev–Trinajstić information content (AvgIpc) is 3.16. The van der Waals surface area contributed by atoms with Gasteiger partial charge in [0.2, 0.25) is 0 Å². The summed E-state index contributed by atoms with van der Waals surface area (Å²) in [4.78, 5) is 25.3. The minimum atomic E-state index is -0.278. The van der Waals surface area contributed by atoms with Gasteiger partial charge in [0.25, 0.3) is 0 Å². The molecular formula is C21H19N5O2S.